The van der Waals surface area contributed by atoms with E-state index in [1.807, 2.05) is 11.4 Å². The number of nitrogens with one attached hydrogen (secondary N) is 1. The molecule has 1 unspecified atom stereocenters. The number of hydrogen-bond donors (Lipinski definition) is 1. The van der Waals surface area contributed by atoms with Gasteiger partial charge in [-0.15, -0.1) is 11.3 Å². The summed E-state index contributed by atoms with van der Waals surface area (Å²) in [6.07, 6.45) is 2.48. The fourth-order valence-corrected chi connectivity index (χ4v) is 4.42. The molecule has 116 valence electrons. The Labute approximate surface area is 137 Å². The van der Waals surface area contributed by atoms with E-state index in [2.05, 4.69) is 24.1 Å². The molecular formula is C16H18N2O2S2. The van der Waals surface area contributed by atoms with Crippen molar-refractivity contribution in [3.8, 4) is 0 Å². The average Bonchev–Trinajstić information content (AvgIpc) is 3.06. The Morgan fingerprint density at radius 1 is 1.45 bits per heavy atom. The van der Waals surface area contributed by atoms with E-state index in [4.69, 9.17) is 0 Å². The molecular weight excluding hydrogens is 316 g/mol. The van der Waals surface area contributed by atoms with Crippen molar-refractivity contribution >= 4 is 39.5 Å². The molecule has 2 aromatic heterocycles. The molecule has 1 amide bonds. The molecule has 22 heavy (non-hydrogen) atoms. The molecule has 0 spiro atoms. The van der Waals surface area contributed by atoms with Crippen molar-refractivity contribution in [2.75, 3.05) is 5.32 Å². The van der Waals surface area contributed by atoms with Crippen LogP contribution >= 0.6 is 22.7 Å². The Kier molecular flexibility index (Phi) is 4.40. The van der Waals surface area contributed by atoms with Crippen LogP contribution < -0.4 is 5.32 Å². The Hall–Kier alpha value is -1.53. The van der Waals surface area contributed by atoms with E-state index in [0.717, 1.165) is 23.4 Å². The molecule has 0 fully saturated rings. The molecule has 6 heteroatoms. The third-order valence-electron chi connectivity index (χ3n) is 3.68. The Morgan fingerprint density at radius 3 is 2.95 bits per heavy atom. The van der Waals surface area contributed by atoms with Gasteiger partial charge in [0.25, 0.3) is 5.91 Å². The summed E-state index contributed by atoms with van der Waals surface area (Å²) in [6.45, 7) is 4.35. The highest BCUT2D eigenvalue weighted by Gasteiger charge is 2.29. The zero-order valence-corrected chi connectivity index (χ0v) is 14.2. The molecule has 1 atom stereocenters. The number of rotatable bonds is 4. The summed E-state index contributed by atoms with van der Waals surface area (Å²) < 4.78 is 0. The van der Waals surface area contributed by atoms with Crippen LogP contribution in [0.5, 0.6) is 0 Å². The summed E-state index contributed by atoms with van der Waals surface area (Å²) in [5.74, 6) is 0.965. The van der Waals surface area contributed by atoms with Crippen molar-refractivity contribution < 1.29 is 9.59 Å². The van der Waals surface area contributed by atoms with Crippen molar-refractivity contribution in [1.29, 1.82) is 0 Å². The van der Waals surface area contributed by atoms with E-state index < -0.39 is 0 Å². The van der Waals surface area contributed by atoms with Gasteiger partial charge in [-0.2, -0.15) is 0 Å². The monoisotopic (exact) mass is 334 g/mol. The number of Topliss-reactive ketones (excluding diaryl/α,β-unsaturated/α-hetero) is 1. The van der Waals surface area contributed by atoms with E-state index >= 15 is 0 Å². The number of aromatic nitrogens is 1. The number of carbonyl (C=O) groups excluding carboxylic acids is 2. The van der Waals surface area contributed by atoms with Crippen LogP contribution in [-0.2, 0) is 6.42 Å². The van der Waals surface area contributed by atoms with E-state index in [9.17, 15) is 9.59 Å². The van der Waals surface area contributed by atoms with Crippen LogP contribution in [0.15, 0.2) is 17.5 Å². The topological polar surface area (TPSA) is 59.1 Å². The minimum Gasteiger partial charge on any atom is -0.297 e. The fraction of sp³-hybridized carbons (Fsp3) is 0.438. The lowest BCUT2D eigenvalue weighted by Crippen LogP contribution is -2.20. The summed E-state index contributed by atoms with van der Waals surface area (Å²) in [6, 6.07) is 3.61. The first kappa shape index (κ1) is 15.4. The molecule has 1 aliphatic carbocycles. The molecule has 1 aliphatic rings. The summed E-state index contributed by atoms with van der Waals surface area (Å²) in [4.78, 5) is 30.2. The predicted octanol–water partition coefficient (Wildman–Crippen LogP) is 4.25. The van der Waals surface area contributed by atoms with Gasteiger partial charge in [0, 0.05) is 6.42 Å². The lowest BCUT2D eigenvalue weighted by molar-refractivity contribution is 0.0945. The van der Waals surface area contributed by atoms with Gasteiger partial charge >= 0.3 is 0 Å². The molecule has 0 aliphatic heterocycles. The highest BCUT2D eigenvalue weighted by molar-refractivity contribution is 7.18. The van der Waals surface area contributed by atoms with Crippen LogP contribution in [0.25, 0.3) is 0 Å². The smallest absolute Gasteiger partial charge is 0.267 e. The quantitative estimate of drug-likeness (QED) is 0.909. The first-order chi connectivity index (χ1) is 10.5. The van der Waals surface area contributed by atoms with Crippen molar-refractivity contribution in [2.24, 2.45) is 11.8 Å². The minimum atomic E-state index is -0.160. The van der Waals surface area contributed by atoms with Crippen molar-refractivity contribution in [3.05, 3.63) is 33.0 Å². The van der Waals surface area contributed by atoms with Crippen molar-refractivity contribution in [3.63, 3.8) is 0 Å². The lowest BCUT2D eigenvalue weighted by Gasteiger charge is -2.21. The van der Waals surface area contributed by atoms with Crippen LogP contribution in [0.3, 0.4) is 0 Å². The zero-order valence-electron chi connectivity index (χ0n) is 12.6. The summed E-state index contributed by atoms with van der Waals surface area (Å²) in [5, 5.41) is 5.20. The first-order valence-electron chi connectivity index (χ1n) is 7.40. The highest BCUT2D eigenvalue weighted by Crippen LogP contribution is 2.34. The second-order valence-corrected chi connectivity index (χ2v) is 8.00. The number of nitrogens with zero attached hydrogens (tertiary/aromatic N) is 1. The maximum Gasteiger partial charge on any atom is 0.267 e. The second kappa shape index (κ2) is 6.30. The normalized spacial score (nSPS) is 17.6. The Balaban J connectivity index is 1.75. The zero-order chi connectivity index (χ0) is 15.7. The van der Waals surface area contributed by atoms with Crippen molar-refractivity contribution in [1.82, 2.24) is 4.98 Å². The summed E-state index contributed by atoms with van der Waals surface area (Å²) in [7, 11) is 0. The Morgan fingerprint density at radius 2 is 2.27 bits per heavy atom. The SMILES string of the molecule is CC(C)CC1CC(=O)c2sc(NC(=O)c3cccs3)nc2C1. The van der Waals surface area contributed by atoms with Crippen LogP contribution in [-0.4, -0.2) is 16.7 Å². The lowest BCUT2D eigenvalue weighted by atomic mass is 9.84. The number of thiazole rings is 1. The molecule has 3 rings (SSSR count). The largest absolute Gasteiger partial charge is 0.297 e. The molecule has 2 aromatic rings. The second-order valence-electron chi connectivity index (χ2n) is 6.05. The first-order valence-corrected chi connectivity index (χ1v) is 9.10. The molecule has 0 bridgehead atoms. The standard InChI is InChI=1S/C16H18N2O2S2/c1-9(2)6-10-7-11-14(12(19)8-10)22-16(17-11)18-15(20)13-4-3-5-21-13/h3-5,9-10H,6-8H2,1-2H3,(H,17,18,20). The van der Waals surface area contributed by atoms with Crippen molar-refractivity contribution in [2.45, 2.75) is 33.1 Å². The molecule has 2 heterocycles. The third-order valence-corrected chi connectivity index (χ3v) is 5.60. The van der Waals surface area contributed by atoms with Gasteiger partial charge in [-0.1, -0.05) is 31.3 Å². The number of thiophene rings is 1. The molecule has 0 aromatic carbocycles. The fourth-order valence-electron chi connectivity index (χ4n) is 2.86. The Bertz CT molecular complexity index is 689. The van der Waals surface area contributed by atoms with Gasteiger partial charge in [0.1, 0.15) is 0 Å². The number of anilines is 1. The number of hydrogen-bond acceptors (Lipinski definition) is 5. The van der Waals surface area contributed by atoms with Crippen LogP contribution in [0.2, 0.25) is 0 Å². The average molecular weight is 334 g/mol. The van der Waals surface area contributed by atoms with Crippen LogP contribution in [0, 0.1) is 11.8 Å². The minimum absolute atomic E-state index is 0.160. The van der Waals surface area contributed by atoms with Gasteiger partial charge in [-0.25, -0.2) is 4.98 Å². The third kappa shape index (κ3) is 3.28. The van der Waals surface area contributed by atoms with Gasteiger partial charge in [0.2, 0.25) is 0 Å². The van der Waals surface area contributed by atoms with E-state index in [1.165, 1.54) is 22.7 Å². The number of amides is 1. The highest BCUT2D eigenvalue weighted by atomic mass is 32.1. The maximum absolute atomic E-state index is 12.3. The van der Waals surface area contributed by atoms with Gasteiger partial charge in [0.15, 0.2) is 10.9 Å². The summed E-state index contributed by atoms with van der Waals surface area (Å²) in [5.41, 5.74) is 0.855. The van der Waals surface area contributed by atoms with Gasteiger partial charge < -0.3 is 0 Å². The van der Waals surface area contributed by atoms with E-state index in [0.29, 0.717) is 28.3 Å². The van der Waals surface area contributed by atoms with E-state index in [-0.39, 0.29) is 11.7 Å². The van der Waals surface area contributed by atoms with Crippen LogP contribution in [0.1, 0.15) is 51.7 Å². The number of fused-ring (bicyclic) bond motifs is 1. The molecule has 0 saturated heterocycles. The molecule has 1 N–H and O–H groups in total. The molecule has 4 nitrogen and oxygen atoms in total. The number of ketones is 1. The van der Waals surface area contributed by atoms with Gasteiger partial charge in [-0.3, -0.25) is 14.9 Å². The van der Waals surface area contributed by atoms with Gasteiger partial charge in [0.05, 0.1) is 15.4 Å². The van der Waals surface area contributed by atoms with E-state index in [1.54, 1.807) is 6.07 Å². The summed E-state index contributed by atoms with van der Waals surface area (Å²) >= 11 is 2.69. The molecule has 0 saturated carbocycles. The molecule has 0 radical (unpaired) electrons. The van der Waals surface area contributed by atoms with Gasteiger partial charge in [-0.05, 0) is 36.1 Å². The predicted molar refractivity (Wildman–Crippen MR) is 90.0 cm³/mol. The number of carbonyl (C=O) groups is 2. The maximum atomic E-state index is 12.3. The van der Waals surface area contributed by atoms with Crippen LogP contribution in [0.4, 0.5) is 5.13 Å².